The van der Waals surface area contributed by atoms with Crippen LogP contribution in [0.25, 0.3) is 6.08 Å². The zero-order valence-corrected chi connectivity index (χ0v) is 17.8. The van der Waals surface area contributed by atoms with Crippen molar-refractivity contribution < 1.29 is 23.8 Å². The van der Waals surface area contributed by atoms with Crippen LogP contribution in [0.15, 0.2) is 48.5 Å². The van der Waals surface area contributed by atoms with E-state index in [0.717, 1.165) is 5.56 Å². The Morgan fingerprint density at radius 2 is 1.62 bits per heavy atom. The van der Waals surface area contributed by atoms with Crippen LogP contribution in [0.2, 0.25) is 0 Å². The van der Waals surface area contributed by atoms with Crippen LogP contribution in [0, 0.1) is 0 Å². The first-order valence-electron chi connectivity index (χ1n) is 9.41. The third-order valence-corrected chi connectivity index (χ3v) is 4.54. The smallest absolute Gasteiger partial charge is 0.331 e. The molecule has 0 saturated heterocycles. The highest BCUT2D eigenvalue weighted by Gasteiger charge is 2.20. The number of benzene rings is 2. The number of rotatable bonds is 7. The number of ether oxygens (including phenoxy) is 3. The molecule has 0 aliphatic heterocycles. The fourth-order valence-corrected chi connectivity index (χ4v) is 2.75. The van der Waals surface area contributed by atoms with Gasteiger partial charge in [0.15, 0.2) is 6.10 Å². The van der Waals surface area contributed by atoms with Gasteiger partial charge in [-0.3, -0.25) is 4.79 Å². The molecule has 0 heterocycles. The molecular formula is C24H28O5. The van der Waals surface area contributed by atoms with Crippen LogP contribution in [0.3, 0.4) is 0 Å². The quantitative estimate of drug-likeness (QED) is 0.381. The van der Waals surface area contributed by atoms with Crippen molar-refractivity contribution in [2.75, 3.05) is 14.2 Å². The molecule has 0 fully saturated rings. The minimum atomic E-state index is -0.884. The third-order valence-electron chi connectivity index (χ3n) is 4.54. The molecule has 0 aromatic heterocycles. The van der Waals surface area contributed by atoms with Crippen molar-refractivity contribution in [2.24, 2.45) is 0 Å². The molecule has 0 bridgehead atoms. The SMILES string of the molecule is COc1ccc(/C=C/C(=O)O[C@@H](C)C(=O)c2ccc(C(C)(C)C)cc2)c(OC)c1. The second-order valence-electron chi connectivity index (χ2n) is 7.71. The molecule has 5 nitrogen and oxygen atoms in total. The summed E-state index contributed by atoms with van der Waals surface area (Å²) >= 11 is 0. The van der Waals surface area contributed by atoms with Crippen LogP contribution >= 0.6 is 0 Å². The van der Waals surface area contributed by atoms with Gasteiger partial charge in [-0.2, -0.15) is 0 Å². The predicted molar refractivity (Wildman–Crippen MR) is 114 cm³/mol. The van der Waals surface area contributed by atoms with Gasteiger partial charge in [0.1, 0.15) is 11.5 Å². The summed E-state index contributed by atoms with van der Waals surface area (Å²) in [5.41, 5.74) is 2.35. The summed E-state index contributed by atoms with van der Waals surface area (Å²) in [7, 11) is 3.10. The third kappa shape index (κ3) is 5.95. The summed E-state index contributed by atoms with van der Waals surface area (Å²) in [6.45, 7) is 7.90. The summed E-state index contributed by atoms with van der Waals surface area (Å²) in [6.07, 6.45) is 1.97. The number of carbonyl (C=O) groups is 2. The van der Waals surface area contributed by atoms with E-state index in [9.17, 15) is 9.59 Å². The molecule has 2 aromatic rings. The average molecular weight is 396 g/mol. The zero-order chi connectivity index (χ0) is 21.6. The summed E-state index contributed by atoms with van der Waals surface area (Å²) in [5.74, 6) is 0.374. The van der Waals surface area contributed by atoms with Crippen LogP contribution in [0.1, 0.15) is 49.2 Å². The highest BCUT2D eigenvalue weighted by Crippen LogP contribution is 2.26. The average Bonchev–Trinajstić information content (AvgIpc) is 2.70. The molecule has 154 valence electrons. The van der Waals surface area contributed by atoms with E-state index in [1.165, 1.54) is 13.2 Å². The summed E-state index contributed by atoms with van der Waals surface area (Å²) in [6, 6.07) is 12.7. The maximum atomic E-state index is 12.6. The molecule has 0 saturated carbocycles. The fraction of sp³-hybridized carbons (Fsp3) is 0.333. The summed E-state index contributed by atoms with van der Waals surface area (Å²) < 4.78 is 15.7. The molecule has 0 unspecified atom stereocenters. The first-order chi connectivity index (χ1) is 13.7. The van der Waals surface area contributed by atoms with Gasteiger partial charge in [-0.05, 0) is 36.1 Å². The van der Waals surface area contributed by atoms with Crippen LogP contribution in [0.4, 0.5) is 0 Å². The molecule has 0 aliphatic carbocycles. The van der Waals surface area contributed by atoms with Gasteiger partial charge in [-0.15, -0.1) is 0 Å². The van der Waals surface area contributed by atoms with Crippen molar-refractivity contribution in [3.63, 3.8) is 0 Å². The molecular weight excluding hydrogens is 368 g/mol. The molecule has 5 heteroatoms. The van der Waals surface area contributed by atoms with Crippen molar-refractivity contribution in [1.82, 2.24) is 0 Å². The highest BCUT2D eigenvalue weighted by atomic mass is 16.5. The summed E-state index contributed by atoms with van der Waals surface area (Å²) in [4.78, 5) is 24.7. The van der Waals surface area contributed by atoms with E-state index in [0.29, 0.717) is 22.6 Å². The zero-order valence-electron chi connectivity index (χ0n) is 17.8. The molecule has 0 amide bonds. The number of carbonyl (C=O) groups excluding carboxylic acids is 2. The molecule has 0 N–H and O–H groups in total. The summed E-state index contributed by atoms with van der Waals surface area (Å²) in [5, 5.41) is 0. The molecule has 0 radical (unpaired) electrons. The molecule has 1 atom stereocenters. The lowest BCUT2D eigenvalue weighted by molar-refractivity contribution is -0.140. The van der Waals surface area contributed by atoms with E-state index in [1.54, 1.807) is 50.4 Å². The Morgan fingerprint density at radius 1 is 0.966 bits per heavy atom. The highest BCUT2D eigenvalue weighted by molar-refractivity contribution is 6.01. The molecule has 2 aromatic carbocycles. The Hall–Kier alpha value is -3.08. The normalized spacial score (nSPS) is 12.5. The van der Waals surface area contributed by atoms with Crippen LogP contribution in [0.5, 0.6) is 11.5 Å². The molecule has 29 heavy (non-hydrogen) atoms. The topological polar surface area (TPSA) is 61.8 Å². The number of Topliss-reactive ketones (excluding diaryl/α,β-unsaturated/α-hetero) is 1. The molecule has 0 aliphatic rings. The van der Waals surface area contributed by atoms with E-state index in [2.05, 4.69) is 20.8 Å². The number of methoxy groups -OCH3 is 2. The Morgan fingerprint density at radius 3 is 2.17 bits per heavy atom. The Kier molecular flexibility index (Phi) is 7.21. The van der Waals surface area contributed by atoms with E-state index >= 15 is 0 Å². The van der Waals surface area contributed by atoms with Crippen molar-refractivity contribution in [1.29, 1.82) is 0 Å². The second kappa shape index (κ2) is 9.41. The predicted octanol–water partition coefficient (Wildman–Crippen LogP) is 4.83. The van der Waals surface area contributed by atoms with Gasteiger partial charge < -0.3 is 14.2 Å². The van der Waals surface area contributed by atoms with Crippen molar-refractivity contribution >= 4 is 17.8 Å². The number of esters is 1. The van der Waals surface area contributed by atoms with Gasteiger partial charge in [0.25, 0.3) is 0 Å². The Balaban J connectivity index is 2.03. The van der Waals surface area contributed by atoms with Crippen molar-refractivity contribution in [3.8, 4) is 11.5 Å². The van der Waals surface area contributed by atoms with Gasteiger partial charge in [0.2, 0.25) is 5.78 Å². The lowest BCUT2D eigenvalue weighted by Crippen LogP contribution is -2.23. The van der Waals surface area contributed by atoms with E-state index < -0.39 is 12.1 Å². The van der Waals surface area contributed by atoms with Crippen LogP contribution in [-0.2, 0) is 14.9 Å². The minimum absolute atomic E-state index is 0.00691. The Labute approximate surface area is 172 Å². The van der Waals surface area contributed by atoms with Gasteiger partial charge in [-0.1, -0.05) is 45.0 Å². The van der Waals surface area contributed by atoms with Gasteiger partial charge in [-0.25, -0.2) is 4.79 Å². The number of ketones is 1. The van der Waals surface area contributed by atoms with Gasteiger partial charge >= 0.3 is 5.97 Å². The molecule has 0 spiro atoms. The lowest BCUT2D eigenvalue weighted by Gasteiger charge is -2.19. The monoisotopic (exact) mass is 396 g/mol. The largest absolute Gasteiger partial charge is 0.497 e. The maximum Gasteiger partial charge on any atom is 0.331 e. The fourth-order valence-electron chi connectivity index (χ4n) is 2.75. The minimum Gasteiger partial charge on any atom is -0.497 e. The van der Waals surface area contributed by atoms with E-state index in [-0.39, 0.29) is 11.2 Å². The number of hydrogen-bond donors (Lipinski definition) is 0. The van der Waals surface area contributed by atoms with Crippen LogP contribution in [-0.4, -0.2) is 32.1 Å². The van der Waals surface area contributed by atoms with E-state index in [4.69, 9.17) is 14.2 Å². The second-order valence-corrected chi connectivity index (χ2v) is 7.71. The van der Waals surface area contributed by atoms with E-state index in [1.807, 2.05) is 12.1 Å². The first-order valence-corrected chi connectivity index (χ1v) is 9.41. The van der Waals surface area contributed by atoms with Crippen molar-refractivity contribution in [3.05, 3.63) is 65.2 Å². The van der Waals surface area contributed by atoms with Crippen LogP contribution < -0.4 is 9.47 Å². The standard InChI is InChI=1S/C24H28O5/c1-16(23(26)18-7-11-19(12-8-18)24(2,3)4)29-22(25)14-10-17-9-13-20(27-5)15-21(17)28-6/h7-16H,1-6H3/b14-10+/t16-/m0/s1. The van der Waals surface area contributed by atoms with Gasteiger partial charge in [0.05, 0.1) is 14.2 Å². The van der Waals surface area contributed by atoms with Crippen molar-refractivity contribution in [2.45, 2.75) is 39.2 Å². The lowest BCUT2D eigenvalue weighted by atomic mass is 9.86. The van der Waals surface area contributed by atoms with Gasteiger partial charge in [0, 0.05) is 23.3 Å². The first kappa shape index (κ1) is 22.2. The maximum absolute atomic E-state index is 12.6. The number of hydrogen-bond acceptors (Lipinski definition) is 5. The molecule has 2 rings (SSSR count). The Bertz CT molecular complexity index is 888.